The predicted molar refractivity (Wildman–Crippen MR) is 56.8 cm³/mol. The standard InChI is InChI=1S/C9H20N4O2/c1-6(4-5-7(14)12-10)9(2,3)8(15)13-11/h6H,4-5,10-11H2,1-3H3,(H,12,14)(H,13,15). The first-order valence-electron chi connectivity index (χ1n) is 4.86. The van der Waals surface area contributed by atoms with E-state index in [-0.39, 0.29) is 17.7 Å². The third kappa shape index (κ3) is 3.85. The van der Waals surface area contributed by atoms with Gasteiger partial charge in [0.1, 0.15) is 0 Å². The summed E-state index contributed by atoms with van der Waals surface area (Å²) >= 11 is 0. The summed E-state index contributed by atoms with van der Waals surface area (Å²) in [6.07, 6.45) is 0.891. The fraction of sp³-hybridized carbons (Fsp3) is 0.778. The summed E-state index contributed by atoms with van der Waals surface area (Å²) in [4.78, 5) is 22.3. The van der Waals surface area contributed by atoms with Gasteiger partial charge >= 0.3 is 0 Å². The molecule has 1 unspecified atom stereocenters. The average molecular weight is 216 g/mol. The molecule has 0 aliphatic heterocycles. The Hall–Kier alpha value is -1.14. The quantitative estimate of drug-likeness (QED) is 0.279. The molecule has 0 aliphatic rings. The molecule has 1 atom stereocenters. The minimum Gasteiger partial charge on any atom is -0.294 e. The molecule has 88 valence electrons. The van der Waals surface area contributed by atoms with E-state index < -0.39 is 5.41 Å². The lowest BCUT2D eigenvalue weighted by Crippen LogP contribution is -2.44. The van der Waals surface area contributed by atoms with Crippen molar-refractivity contribution in [1.29, 1.82) is 0 Å². The minimum atomic E-state index is -0.594. The number of carbonyl (C=O) groups is 2. The van der Waals surface area contributed by atoms with E-state index >= 15 is 0 Å². The highest BCUT2D eigenvalue weighted by molar-refractivity contribution is 5.81. The summed E-state index contributed by atoms with van der Waals surface area (Å²) in [5.41, 5.74) is 3.58. The number of carbonyl (C=O) groups excluding carboxylic acids is 2. The first kappa shape index (κ1) is 13.9. The molecule has 0 heterocycles. The molecule has 0 bridgehead atoms. The van der Waals surface area contributed by atoms with E-state index in [2.05, 4.69) is 10.9 Å². The van der Waals surface area contributed by atoms with E-state index in [1.165, 1.54) is 0 Å². The van der Waals surface area contributed by atoms with Crippen LogP contribution in [0.5, 0.6) is 0 Å². The average Bonchev–Trinajstić information content (AvgIpc) is 2.23. The number of hydrogen-bond donors (Lipinski definition) is 4. The number of amides is 2. The van der Waals surface area contributed by atoms with Crippen LogP contribution in [0, 0.1) is 11.3 Å². The number of hydrogen-bond acceptors (Lipinski definition) is 4. The van der Waals surface area contributed by atoms with Crippen LogP contribution in [0.25, 0.3) is 0 Å². The van der Waals surface area contributed by atoms with E-state index in [9.17, 15) is 9.59 Å². The van der Waals surface area contributed by atoms with Gasteiger partial charge in [-0.15, -0.1) is 0 Å². The molecule has 0 fully saturated rings. The van der Waals surface area contributed by atoms with Gasteiger partial charge < -0.3 is 0 Å². The highest BCUT2D eigenvalue weighted by Crippen LogP contribution is 2.29. The summed E-state index contributed by atoms with van der Waals surface area (Å²) < 4.78 is 0. The van der Waals surface area contributed by atoms with Crippen molar-refractivity contribution in [3.63, 3.8) is 0 Å². The van der Waals surface area contributed by atoms with Crippen molar-refractivity contribution in [1.82, 2.24) is 10.9 Å². The van der Waals surface area contributed by atoms with Gasteiger partial charge in [-0.05, 0) is 12.3 Å². The highest BCUT2D eigenvalue weighted by atomic mass is 16.2. The molecule has 0 radical (unpaired) electrons. The van der Waals surface area contributed by atoms with Crippen LogP contribution in [-0.2, 0) is 9.59 Å². The van der Waals surface area contributed by atoms with E-state index in [0.717, 1.165) is 0 Å². The zero-order chi connectivity index (χ0) is 12.1. The predicted octanol–water partition coefficient (Wildman–Crippen LogP) is -0.591. The van der Waals surface area contributed by atoms with Crippen molar-refractivity contribution in [2.24, 2.45) is 23.0 Å². The topological polar surface area (TPSA) is 110 Å². The van der Waals surface area contributed by atoms with Gasteiger partial charge in [0.2, 0.25) is 11.8 Å². The van der Waals surface area contributed by atoms with Crippen LogP contribution >= 0.6 is 0 Å². The third-order valence-corrected chi connectivity index (χ3v) is 2.91. The lowest BCUT2D eigenvalue weighted by molar-refractivity contribution is -0.132. The molecule has 0 aliphatic carbocycles. The Labute approximate surface area is 89.7 Å². The zero-order valence-electron chi connectivity index (χ0n) is 9.46. The SMILES string of the molecule is CC(CCC(=O)NN)C(C)(C)C(=O)NN. The lowest BCUT2D eigenvalue weighted by Gasteiger charge is -2.29. The Balaban J connectivity index is 4.25. The highest BCUT2D eigenvalue weighted by Gasteiger charge is 2.33. The van der Waals surface area contributed by atoms with Crippen LogP contribution < -0.4 is 22.5 Å². The van der Waals surface area contributed by atoms with Crippen LogP contribution in [-0.4, -0.2) is 11.8 Å². The van der Waals surface area contributed by atoms with E-state index in [4.69, 9.17) is 11.7 Å². The van der Waals surface area contributed by atoms with Gasteiger partial charge in [0, 0.05) is 11.8 Å². The summed E-state index contributed by atoms with van der Waals surface area (Å²) in [5, 5.41) is 0. The minimum absolute atomic E-state index is 0.0401. The molecular weight excluding hydrogens is 196 g/mol. The molecule has 0 spiro atoms. The number of nitrogens with two attached hydrogens (primary N) is 2. The molecule has 6 nitrogen and oxygen atoms in total. The normalized spacial score (nSPS) is 13.1. The lowest BCUT2D eigenvalue weighted by atomic mass is 9.77. The molecular formula is C9H20N4O2. The molecule has 0 rings (SSSR count). The summed E-state index contributed by atoms with van der Waals surface area (Å²) in [6, 6.07) is 0. The van der Waals surface area contributed by atoms with Crippen molar-refractivity contribution in [2.45, 2.75) is 33.6 Å². The zero-order valence-corrected chi connectivity index (χ0v) is 9.46. The first-order valence-corrected chi connectivity index (χ1v) is 4.86. The van der Waals surface area contributed by atoms with Gasteiger partial charge in [-0.2, -0.15) is 0 Å². The second-order valence-electron chi connectivity index (χ2n) is 4.20. The Bertz CT molecular complexity index is 240. The van der Waals surface area contributed by atoms with Gasteiger partial charge in [-0.1, -0.05) is 20.8 Å². The fourth-order valence-electron chi connectivity index (χ4n) is 1.19. The number of hydrazine groups is 2. The van der Waals surface area contributed by atoms with Crippen molar-refractivity contribution >= 4 is 11.8 Å². The maximum atomic E-state index is 11.4. The molecule has 0 aromatic carbocycles. The van der Waals surface area contributed by atoms with Crippen LogP contribution in [0.15, 0.2) is 0 Å². The van der Waals surface area contributed by atoms with Crippen LogP contribution in [0.1, 0.15) is 33.6 Å². The van der Waals surface area contributed by atoms with Crippen LogP contribution in [0.2, 0.25) is 0 Å². The molecule has 0 aromatic heterocycles. The molecule has 0 saturated carbocycles. The maximum absolute atomic E-state index is 11.4. The van der Waals surface area contributed by atoms with E-state index in [0.29, 0.717) is 12.8 Å². The summed E-state index contributed by atoms with van der Waals surface area (Å²) in [6.45, 7) is 5.49. The fourth-order valence-corrected chi connectivity index (χ4v) is 1.19. The van der Waals surface area contributed by atoms with Crippen molar-refractivity contribution < 1.29 is 9.59 Å². The summed E-state index contributed by atoms with van der Waals surface area (Å²) in [5.74, 6) is 9.61. The molecule has 2 amide bonds. The van der Waals surface area contributed by atoms with Gasteiger partial charge in [0.05, 0.1) is 0 Å². The van der Waals surface area contributed by atoms with Crippen molar-refractivity contribution in [3.05, 3.63) is 0 Å². The maximum Gasteiger partial charge on any atom is 0.239 e. The molecule has 0 aromatic rings. The van der Waals surface area contributed by atoms with Gasteiger partial charge in [0.25, 0.3) is 0 Å². The Morgan fingerprint density at radius 2 is 1.80 bits per heavy atom. The van der Waals surface area contributed by atoms with E-state index in [1.807, 2.05) is 6.92 Å². The van der Waals surface area contributed by atoms with Crippen molar-refractivity contribution in [3.8, 4) is 0 Å². The Morgan fingerprint density at radius 3 is 2.20 bits per heavy atom. The summed E-state index contributed by atoms with van der Waals surface area (Å²) in [7, 11) is 0. The monoisotopic (exact) mass is 216 g/mol. The Morgan fingerprint density at radius 1 is 1.27 bits per heavy atom. The second kappa shape index (κ2) is 5.67. The molecule has 6 heteroatoms. The number of nitrogens with one attached hydrogen (secondary N) is 2. The number of rotatable bonds is 5. The molecule has 15 heavy (non-hydrogen) atoms. The molecule has 0 saturated heterocycles. The van der Waals surface area contributed by atoms with Crippen LogP contribution in [0.3, 0.4) is 0 Å². The van der Waals surface area contributed by atoms with Gasteiger partial charge in [0.15, 0.2) is 0 Å². The van der Waals surface area contributed by atoms with Gasteiger partial charge in [-0.25, -0.2) is 11.7 Å². The first-order chi connectivity index (χ1) is 6.86. The second-order valence-corrected chi connectivity index (χ2v) is 4.20. The van der Waals surface area contributed by atoms with E-state index in [1.54, 1.807) is 13.8 Å². The van der Waals surface area contributed by atoms with Crippen molar-refractivity contribution in [2.75, 3.05) is 0 Å². The third-order valence-electron chi connectivity index (χ3n) is 2.91. The largest absolute Gasteiger partial charge is 0.294 e. The smallest absolute Gasteiger partial charge is 0.239 e. The van der Waals surface area contributed by atoms with Crippen LogP contribution in [0.4, 0.5) is 0 Å². The Kier molecular flexibility index (Phi) is 5.24. The molecule has 6 N–H and O–H groups in total. The van der Waals surface area contributed by atoms with Gasteiger partial charge in [-0.3, -0.25) is 20.4 Å².